The Morgan fingerprint density at radius 2 is 1.79 bits per heavy atom. The fourth-order valence-electron chi connectivity index (χ4n) is 3.51. The van der Waals surface area contributed by atoms with E-state index in [2.05, 4.69) is 15.9 Å². The Morgan fingerprint density at radius 3 is 2.33 bits per heavy atom. The molecule has 3 rings (SSSR count). The first kappa shape index (κ1) is 24.6. The number of ether oxygens (including phenoxy) is 2. The Morgan fingerprint density at radius 1 is 1.18 bits per heavy atom. The summed E-state index contributed by atoms with van der Waals surface area (Å²) in [5, 5.41) is 9.21. The van der Waals surface area contributed by atoms with Gasteiger partial charge in [0.1, 0.15) is 16.5 Å². The number of nitrogens with zero attached hydrogens (tertiary/aromatic N) is 2. The van der Waals surface area contributed by atoms with Gasteiger partial charge in [-0.25, -0.2) is 14.0 Å². The quantitative estimate of drug-likeness (QED) is 0.329. The smallest absolute Gasteiger partial charge is 0.355 e. The van der Waals surface area contributed by atoms with Gasteiger partial charge >= 0.3 is 11.9 Å². The third-order valence-electron chi connectivity index (χ3n) is 4.92. The number of halogens is 4. The molecule has 33 heavy (non-hydrogen) atoms. The van der Waals surface area contributed by atoms with Crippen LogP contribution >= 0.6 is 39.1 Å². The van der Waals surface area contributed by atoms with Crippen molar-refractivity contribution in [3.63, 3.8) is 0 Å². The van der Waals surface area contributed by atoms with Crippen molar-refractivity contribution < 1.29 is 23.5 Å². The number of carbonyl (C=O) groups is 2. The minimum absolute atomic E-state index is 0.0902. The fraction of sp³-hybridized carbons (Fsp3) is 0.136. The third-order valence-corrected chi connectivity index (χ3v) is 6.15. The lowest BCUT2D eigenvalue weighted by molar-refractivity contribution is -0.139. The van der Waals surface area contributed by atoms with Gasteiger partial charge in [-0.3, -0.25) is 4.90 Å². The molecule has 1 unspecified atom stereocenters. The first-order chi connectivity index (χ1) is 15.7. The van der Waals surface area contributed by atoms with Crippen molar-refractivity contribution in [1.29, 1.82) is 5.26 Å². The number of allylic oxidation sites excluding steroid dienone is 1. The number of methoxy groups -OCH3 is 2. The molecule has 0 saturated carbocycles. The van der Waals surface area contributed by atoms with Crippen molar-refractivity contribution in [2.75, 3.05) is 19.1 Å². The molecule has 0 amide bonds. The summed E-state index contributed by atoms with van der Waals surface area (Å²) in [4.78, 5) is 27.0. The van der Waals surface area contributed by atoms with Crippen LogP contribution in [0.25, 0.3) is 0 Å². The first-order valence-electron chi connectivity index (χ1n) is 9.18. The molecule has 7 nitrogen and oxygen atoms in total. The maximum Gasteiger partial charge on any atom is 0.355 e. The van der Waals surface area contributed by atoms with Gasteiger partial charge in [0.15, 0.2) is 5.82 Å². The molecule has 1 aliphatic rings. The van der Waals surface area contributed by atoms with E-state index in [1.807, 2.05) is 6.07 Å². The highest BCUT2D eigenvalue weighted by atomic mass is 79.9. The number of hydrogen-bond donors (Lipinski definition) is 1. The van der Waals surface area contributed by atoms with E-state index in [0.717, 1.165) is 19.1 Å². The molecule has 0 spiro atoms. The number of hydrogen-bond acceptors (Lipinski definition) is 7. The summed E-state index contributed by atoms with van der Waals surface area (Å²) in [5.74, 6) is -4.23. The van der Waals surface area contributed by atoms with E-state index in [1.54, 1.807) is 30.3 Å². The average molecular weight is 555 g/mol. The second-order valence-electron chi connectivity index (χ2n) is 6.65. The molecule has 2 aromatic rings. The molecule has 1 aliphatic heterocycles. The number of rotatable bonds is 4. The highest BCUT2D eigenvalue weighted by molar-refractivity contribution is 9.10. The molecular weight excluding hydrogens is 540 g/mol. The summed E-state index contributed by atoms with van der Waals surface area (Å²) >= 11 is 15.4. The molecule has 1 heterocycles. The number of esters is 2. The SMILES string of the molecule is COC(=O)C1=C(C(=O)OC)N(c2c(Br)cc(Cl)c(F)c2Cl)C(N)=C(C#N)C1c1ccccc1. The molecule has 1 atom stereocenters. The zero-order valence-electron chi connectivity index (χ0n) is 17.2. The standard InChI is InChI=1S/C22H15BrCl2FN3O4/c1-32-21(30)15-14(10-6-4-3-5-7-10)11(9-27)20(28)29(19(15)22(31)33-2)18-12(23)8-13(24)17(26)16(18)25/h3-8,14H,28H2,1-2H3. The first-order valence-corrected chi connectivity index (χ1v) is 10.7. The van der Waals surface area contributed by atoms with E-state index in [4.69, 9.17) is 38.4 Å². The fourth-order valence-corrected chi connectivity index (χ4v) is 4.90. The number of benzene rings is 2. The van der Waals surface area contributed by atoms with Gasteiger partial charge < -0.3 is 15.2 Å². The summed E-state index contributed by atoms with van der Waals surface area (Å²) in [5.41, 5.74) is 5.98. The summed E-state index contributed by atoms with van der Waals surface area (Å²) < 4.78 is 24.6. The van der Waals surface area contributed by atoms with Crippen molar-refractivity contribution in [3.05, 3.63) is 85.0 Å². The van der Waals surface area contributed by atoms with Gasteiger partial charge in [0.25, 0.3) is 0 Å². The van der Waals surface area contributed by atoms with Crippen LogP contribution < -0.4 is 10.6 Å². The van der Waals surface area contributed by atoms with Gasteiger partial charge in [-0.1, -0.05) is 53.5 Å². The van der Waals surface area contributed by atoms with Crippen LogP contribution in [0.1, 0.15) is 11.5 Å². The maximum atomic E-state index is 14.6. The minimum atomic E-state index is -1.07. The normalized spacial score (nSPS) is 15.9. The summed E-state index contributed by atoms with van der Waals surface area (Å²) in [6, 6.07) is 11.7. The van der Waals surface area contributed by atoms with Crippen LogP contribution in [0.5, 0.6) is 0 Å². The predicted molar refractivity (Wildman–Crippen MR) is 124 cm³/mol. The van der Waals surface area contributed by atoms with E-state index in [9.17, 15) is 19.2 Å². The molecule has 0 radical (unpaired) electrons. The molecule has 170 valence electrons. The average Bonchev–Trinajstić information content (AvgIpc) is 2.82. The van der Waals surface area contributed by atoms with Gasteiger partial charge in [0.2, 0.25) is 0 Å². The second-order valence-corrected chi connectivity index (χ2v) is 8.29. The molecular formula is C22H15BrCl2FN3O4. The van der Waals surface area contributed by atoms with Crippen LogP contribution in [0.2, 0.25) is 10.0 Å². The molecule has 0 bridgehead atoms. The van der Waals surface area contributed by atoms with Crippen molar-refractivity contribution in [3.8, 4) is 6.07 Å². The van der Waals surface area contributed by atoms with Gasteiger partial charge in [0.05, 0.1) is 48.1 Å². The van der Waals surface area contributed by atoms with E-state index in [0.29, 0.717) is 5.56 Å². The van der Waals surface area contributed by atoms with Crippen LogP contribution in [0.15, 0.2) is 63.5 Å². The Balaban J connectivity index is 2.50. The molecule has 11 heteroatoms. The van der Waals surface area contributed by atoms with Crippen molar-refractivity contribution in [1.82, 2.24) is 0 Å². The third kappa shape index (κ3) is 4.17. The zero-order chi connectivity index (χ0) is 24.4. The van der Waals surface area contributed by atoms with Gasteiger partial charge in [-0.15, -0.1) is 0 Å². The maximum absolute atomic E-state index is 14.6. The van der Waals surface area contributed by atoms with Gasteiger partial charge in [-0.2, -0.15) is 5.26 Å². The van der Waals surface area contributed by atoms with Crippen LogP contribution in [0, 0.1) is 17.1 Å². The van der Waals surface area contributed by atoms with E-state index >= 15 is 0 Å². The number of anilines is 1. The van der Waals surface area contributed by atoms with Gasteiger partial charge in [0, 0.05) is 4.47 Å². The van der Waals surface area contributed by atoms with Crippen molar-refractivity contribution in [2.24, 2.45) is 5.73 Å². The van der Waals surface area contributed by atoms with Crippen molar-refractivity contribution in [2.45, 2.75) is 5.92 Å². The summed E-state index contributed by atoms with van der Waals surface area (Å²) in [6.45, 7) is 0. The van der Waals surface area contributed by atoms with E-state index in [-0.39, 0.29) is 37.8 Å². The van der Waals surface area contributed by atoms with E-state index in [1.165, 1.54) is 6.07 Å². The lowest BCUT2D eigenvalue weighted by Crippen LogP contribution is -2.41. The number of carbonyl (C=O) groups excluding carboxylic acids is 2. The molecule has 0 aromatic heterocycles. The van der Waals surface area contributed by atoms with E-state index < -0.39 is 28.7 Å². The zero-order valence-corrected chi connectivity index (χ0v) is 20.3. The molecule has 0 saturated heterocycles. The van der Waals surface area contributed by atoms with Crippen LogP contribution in [0.4, 0.5) is 10.1 Å². The van der Waals surface area contributed by atoms with Gasteiger partial charge in [-0.05, 0) is 27.6 Å². The summed E-state index contributed by atoms with van der Waals surface area (Å²) in [6.07, 6.45) is 0. The Kier molecular flexibility index (Phi) is 7.32. The topological polar surface area (TPSA) is 106 Å². The largest absolute Gasteiger partial charge is 0.466 e. The van der Waals surface area contributed by atoms with Crippen LogP contribution in [-0.4, -0.2) is 26.2 Å². The highest BCUT2D eigenvalue weighted by Crippen LogP contribution is 2.48. The lowest BCUT2D eigenvalue weighted by atomic mass is 9.81. The number of nitrogens with two attached hydrogens (primary N) is 1. The molecule has 0 fully saturated rings. The monoisotopic (exact) mass is 553 g/mol. The van der Waals surface area contributed by atoms with Crippen LogP contribution in [-0.2, 0) is 19.1 Å². The Hall–Kier alpha value is -3.06. The molecule has 2 aromatic carbocycles. The van der Waals surface area contributed by atoms with Crippen molar-refractivity contribution >= 4 is 56.8 Å². The lowest BCUT2D eigenvalue weighted by Gasteiger charge is -2.36. The number of nitriles is 1. The second kappa shape index (κ2) is 9.83. The Labute approximate surface area is 206 Å². The van der Waals surface area contributed by atoms with Crippen LogP contribution in [0.3, 0.4) is 0 Å². The molecule has 0 aliphatic carbocycles. The minimum Gasteiger partial charge on any atom is -0.466 e. The molecule has 2 N–H and O–H groups in total. The predicted octanol–water partition coefficient (Wildman–Crippen LogP) is 4.79. The summed E-state index contributed by atoms with van der Waals surface area (Å²) in [7, 11) is 2.22. The Bertz CT molecular complexity index is 1260. The highest BCUT2D eigenvalue weighted by Gasteiger charge is 2.44.